The van der Waals surface area contributed by atoms with E-state index in [4.69, 9.17) is 0 Å². The number of fused-ring (bicyclic) bond motifs is 1. The number of para-hydroxylation sites is 2. The molecule has 3 rings (SSSR count). The van der Waals surface area contributed by atoms with Crippen LogP contribution >= 0.6 is 22.6 Å². The molecule has 21 heavy (non-hydrogen) atoms. The van der Waals surface area contributed by atoms with Gasteiger partial charge in [-0.25, -0.2) is 0 Å². The van der Waals surface area contributed by atoms with E-state index in [2.05, 4.69) is 57.9 Å². The summed E-state index contributed by atoms with van der Waals surface area (Å²) in [6.07, 6.45) is 1.01. The number of rotatable bonds is 3. The molecule has 1 atom stereocenters. The molecule has 1 heterocycles. The summed E-state index contributed by atoms with van der Waals surface area (Å²) in [4.78, 5) is 14.5. The van der Waals surface area contributed by atoms with Crippen molar-refractivity contribution in [3.8, 4) is 0 Å². The zero-order valence-corrected chi connectivity index (χ0v) is 14.0. The summed E-state index contributed by atoms with van der Waals surface area (Å²) in [5.41, 5.74) is 3.39. The van der Waals surface area contributed by atoms with Crippen molar-refractivity contribution in [2.24, 2.45) is 0 Å². The molecule has 4 heteroatoms. The first-order chi connectivity index (χ1) is 10.1. The maximum absolute atomic E-state index is 12.3. The van der Waals surface area contributed by atoms with E-state index in [1.165, 1.54) is 11.3 Å². The van der Waals surface area contributed by atoms with Crippen LogP contribution in [0.4, 0.5) is 11.4 Å². The van der Waals surface area contributed by atoms with Crippen LogP contribution in [0.5, 0.6) is 0 Å². The van der Waals surface area contributed by atoms with E-state index < -0.39 is 0 Å². The molecule has 0 saturated carbocycles. The number of anilines is 2. The number of nitrogens with zero attached hydrogens (tertiary/aromatic N) is 1. The van der Waals surface area contributed by atoms with Crippen LogP contribution in [-0.2, 0) is 11.2 Å². The van der Waals surface area contributed by atoms with Crippen molar-refractivity contribution in [1.29, 1.82) is 0 Å². The summed E-state index contributed by atoms with van der Waals surface area (Å²) in [5.74, 6) is 0.0302. The Morgan fingerprint density at radius 1 is 1.24 bits per heavy atom. The highest BCUT2D eigenvalue weighted by atomic mass is 127. The Hall–Kier alpha value is -1.56. The van der Waals surface area contributed by atoms with Gasteiger partial charge < -0.3 is 10.2 Å². The Bertz CT molecular complexity index is 671. The quantitative estimate of drug-likeness (QED) is 0.809. The first-order valence-electron chi connectivity index (χ1n) is 7.04. The third kappa shape index (κ3) is 3.05. The van der Waals surface area contributed by atoms with Gasteiger partial charge in [-0.1, -0.05) is 30.3 Å². The number of benzene rings is 2. The van der Waals surface area contributed by atoms with E-state index in [-0.39, 0.29) is 5.91 Å². The molecule has 0 fully saturated rings. The SMILES string of the molecule is C[C@@H]1Cc2ccccc2N1CC(=O)Nc1ccccc1I. The third-order valence-corrected chi connectivity index (χ3v) is 4.75. The number of hydrogen-bond donors (Lipinski definition) is 1. The monoisotopic (exact) mass is 392 g/mol. The van der Waals surface area contributed by atoms with Crippen molar-refractivity contribution in [3.63, 3.8) is 0 Å². The van der Waals surface area contributed by atoms with Gasteiger partial charge >= 0.3 is 0 Å². The Morgan fingerprint density at radius 3 is 2.76 bits per heavy atom. The second-order valence-corrected chi connectivity index (χ2v) is 6.50. The molecule has 0 spiro atoms. The Labute approximate surface area is 138 Å². The van der Waals surface area contributed by atoms with E-state index in [1.807, 2.05) is 30.3 Å². The minimum absolute atomic E-state index is 0.0302. The first-order valence-corrected chi connectivity index (χ1v) is 8.12. The molecule has 1 amide bonds. The van der Waals surface area contributed by atoms with Crippen LogP contribution in [0.3, 0.4) is 0 Å². The third-order valence-electron chi connectivity index (χ3n) is 3.81. The number of hydrogen-bond acceptors (Lipinski definition) is 2. The van der Waals surface area contributed by atoms with Gasteiger partial charge in [-0.2, -0.15) is 0 Å². The lowest BCUT2D eigenvalue weighted by molar-refractivity contribution is -0.115. The van der Waals surface area contributed by atoms with Gasteiger partial charge in [0.15, 0.2) is 0 Å². The van der Waals surface area contributed by atoms with Gasteiger partial charge in [-0.15, -0.1) is 0 Å². The fourth-order valence-electron chi connectivity index (χ4n) is 2.78. The minimum atomic E-state index is 0.0302. The van der Waals surface area contributed by atoms with Crippen LogP contribution in [0, 0.1) is 3.57 Å². The summed E-state index contributed by atoms with van der Waals surface area (Å²) < 4.78 is 1.05. The lowest BCUT2D eigenvalue weighted by Gasteiger charge is -2.24. The molecule has 2 aromatic carbocycles. The van der Waals surface area contributed by atoms with Gasteiger partial charge in [-0.05, 0) is 59.7 Å². The number of amides is 1. The number of halogens is 1. The van der Waals surface area contributed by atoms with Gasteiger partial charge in [-0.3, -0.25) is 4.79 Å². The molecule has 0 aromatic heterocycles. The van der Waals surface area contributed by atoms with Gasteiger partial charge in [0.25, 0.3) is 0 Å². The van der Waals surface area contributed by atoms with Crippen molar-refractivity contribution in [3.05, 3.63) is 57.7 Å². The van der Waals surface area contributed by atoms with Crippen molar-refractivity contribution in [1.82, 2.24) is 0 Å². The van der Waals surface area contributed by atoms with Crippen LogP contribution in [0.2, 0.25) is 0 Å². The van der Waals surface area contributed by atoms with Crippen molar-refractivity contribution in [2.45, 2.75) is 19.4 Å². The van der Waals surface area contributed by atoms with Gasteiger partial charge in [0.05, 0.1) is 12.2 Å². The topological polar surface area (TPSA) is 32.3 Å². The molecule has 1 N–H and O–H groups in total. The molecular formula is C17H17IN2O. The molecule has 108 valence electrons. The van der Waals surface area contributed by atoms with E-state index in [1.54, 1.807) is 0 Å². The molecule has 0 bridgehead atoms. The lowest BCUT2D eigenvalue weighted by Crippen LogP contribution is -2.37. The molecule has 0 unspecified atom stereocenters. The summed E-state index contributed by atoms with van der Waals surface area (Å²) in [6.45, 7) is 2.56. The molecule has 0 radical (unpaired) electrons. The Morgan fingerprint density at radius 2 is 1.95 bits per heavy atom. The maximum atomic E-state index is 12.3. The van der Waals surface area contributed by atoms with Gasteiger partial charge in [0, 0.05) is 15.3 Å². The first kappa shape index (κ1) is 14.4. The average Bonchev–Trinajstić information content (AvgIpc) is 2.78. The van der Waals surface area contributed by atoms with E-state index >= 15 is 0 Å². The predicted molar refractivity (Wildman–Crippen MR) is 94.7 cm³/mol. The van der Waals surface area contributed by atoms with Crippen molar-refractivity contribution >= 4 is 39.9 Å². The molecule has 0 aliphatic carbocycles. The molecule has 1 aliphatic rings. The molecule has 0 saturated heterocycles. The van der Waals surface area contributed by atoms with Crippen molar-refractivity contribution < 1.29 is 4.79 Å². The second kappa shape index (κ2) is 6.05. The molecule has 2 aromatic rings. The fraction of sp³-hybridized carbons (Fsp3) is 0.235. The standard InChI is InChI=1S/C17H17IN2O/c1-12-10-13-6-2-5-9-16(13)20(12)11-17(21)19-15-8-4-3-7-14(15)18/h2-9,12H,10-11H2,1H3,(H,19,21)/t12-/m1/s1. The molecule has 3 nitrogen and oxygen atoms in total. The highest BCUT2D eigenvalue weighted by Crippen LogP contribution is 2.31. The van der Waals surface area contributed by atoms with Crippen LogP contribution in [0.1, 0.15) is 12.5 Å². The highest BCUT2D eigenvalue weighted by Gasteiger charge is 2.27. The zero-order chi connectivity index (χ0) is 14.8. The Balaban J connectivity index is 1.72. The van der Waals surface area contributed by atoms with Crippen molar-refractivity contribution in [2.75, 3.05) is 16.8 Å². The molecule has 1 aliphatic heterocycles. The molecular weight excluding hydrogens is 375 g/mol. The zero-order valence-electron chi connectivity index (χ0n) is 11.8. The largest absolute Gasteiger partial charge is 0.359 e. The lowest BCUT2D eigenvalue weighted by atomic mass is 10.1. The normalized spacial score (nSPS) is 16.7. The second-order valence-electron chi connectivity index (χ2n) is 5.34. The predicted octanol–water partition coefficient (Wildman–Crippen LogP) is 3.68. The smallest absolute Gasteiger partial charge is 0.243 e. The summed E-state index contributed by atoms with van der Waals surface area (Å²) in [5, 5.41) is 3.00. The fourth-order valence-corrected chi connectivity index (χ4v) is 3.30. The summed E-state index contributed by atoms with van der Waals surface area (Å²) in [6, 6.07) is 16.5. The van der Waals surface area contributed by atoms with Crippen LogP contribution in [-0.4, -0.2) is 18.5 Å². The van der Waals surface area contributed by atoms with E-state index in [0.717, 1.165) is 15.7 Å². The maximum Gasteiger partial charge on any atom is 0.243 e. The highest BCUT2D eigenvalue weighted by molar-refractivity contribution is 14.1. The minimum Gasteiger partial charge on any atom is -0.359 e. The number of nitrogens with one attached hydrogen (secondary N) is 1. The number of carbonyl (C=O) groups is 1. The van der Waals surface area contributed by atoms with E-state index in [0.29, 0.717) is 12.6 Å². The summed E-state index contributed by atoms with van der Waals surface area (Å²) >= 11 is 2.23. The van der Waals surface area contributed by atoms with Gasteiger partial charge in [0.1, 0.15) is 0 Å². The van der Waals surface area contributed by atoms with E-state index in [9.17, 15) is 4.79 Å². The van der Waals surface area contributed by atoms with Crippen LogP contribution in [0.25, 0.3) is 0 Å². The number of carbonyl (C=O) groups excluding carboxylic acids is 1. The average molecular weight is 392 g/mol. The van der Waals surface area contributed by atoms with Gasteiger partial charge in [0.2, 0.25) is 5.91 Å². The summed E-state index contributed by atoms with van der Waals surface area (Å²) in [7, 11) is 0. The van der Waals surface area contributed by atoms with Crippen LogP contribution < -0.4 is 10.2 Å². The van der Waals surface area contributed by atoms with Crippen LogP contribution in [0.15, 0.2) is 48.5 Å². The Kier molecular flexibility index (Phi) is 4.14.